The first-order valence-corrected chi connectivity index (χ1v) is 12.8. The number of hydrogen-bond acceptors (Lipinski definition) is 8. The van der Waals surface area contributed by atoms with Crippen molar-refractivity contribution in [1.82, 2.24) is 14.9 Å². The Morgan fingerprint density at radius 1 is 1.28 bits per heavy atom. The van der Waals surface area contributed by atoms with Crippen LogP contribution in [0.5, 0.6) is 0 Å². The molecule has 0 unspecified atom stereocenters. The number of thioether (sulfide) groups is 1. The summed E-state index contributed by atoms with van der Waals surface area (Å²) in [5.74, 6) is 2.01. The molecule has 2 amide bonds. The number of piperidine rings is 1. The molecular formula is C22H32N4O4S2. The number of anilines is 1. The average Bonchev–Trinajstić information content (AvgIpc) is 3.42. The highest BCUT2D eigenvalue weighted by Crippen LogP contribution is 2.32. The van der Waals surface area contributed by atoms with E-state index in [1.54, 1.807) is 29.1 Å². The molecule has 32 heavy (non-hydrogen) atoms. The zero-order valence-corrected chi connectivity index (χ0v) is 20.8. The lowest BCUT2D eigenvalue weighted by atomic mass is 9.94. The molecule has 1 N–H and O–H groups in total. The lowest BCUT2D eigenvalue weighted by Crippen LogP contribution is -2.43. The molecule has 0 atom stereocenters. The molecule has 0 saturated carbocycles. The standard InChI is InChI=1S/C22H32N4O4S2/c1-5-10-29-13-18(27)26-8-6-15(7-9-26)20(28)25-21-24-12-19(32-21)31-14-17-23-11-16(30-17)22(2,3)4/h11-12,15H,5-10,13-14H2,1-4H3,(H,24,25,28). The summed E-state index contributed by atoms with van der Waals surface area (Å²) >= 11 is 3.03. The third kappa shape index (κ3) is 7.05. The quantitative estimate of drug-likeness (QED) is 0.421. The minimum atomic E-state index is -0.112. The van der Waals surface area contributed by atoms with E-state index in [4.69, 9.17) is 9.15 Å². The van der Waals surface area contributed by atoms with Crippen LogP contribution in [-0.4, -0.2) is 53.0 Å². The number of rotatable bonds is 9. The van der Waals surface area contributed by atoms with Crippen molar-refractivity contribution < 1.29 is 18.7 Å². The molecule has 8 nitrogen and oxygen atoms in total. The Kier molecular flexibility index (Phi) is 8.72. The third-order valence-corrected chi connectivity index (χ3v) is 7.23. The number of likely N-dealkylation sites (tertiary alicyclic amines) is 1. The van der Waals surface area contributed by atoms with Crippen LogP contribution in [0.25, 0.3) is 0 Å². The molecule has 0 radical (unpaired) electrons. The summed E-state index contributed by atoms with van der Waals surface area (Å²) in [7, 11) is 0. The number of carbonyl (C=O) groups excluding carboxylic acids is 2. The van der Waals surface area contributed by atoms with Crippen LogP contribution in [0, 0.1) is 5.92 Å². The van der Waals surface area contributed by atoms with E-state index in [1.165, 1.54) is 11.3 Å². The van der Waals surface area contributed by atoms with E-state index in [2.05, 4.69) is 36.1 Å². The Balaban J connectivity index is 1.42. The molecule has 2 aromatic rings. The second-order valence-electron chi connectivity index (χ2n) is 8.84. The minimum Gasteiger partial charge on any atom is -0.444 e. The van der Waals surface area contributed by atoms with Crippen molar-refractivity contribution in [1.29, 1.82) is 0 Å². The smallest absolute Gasteiger partial charge is 0.248 e. The van der Waals surface area contributed by atoms with E-state index in [0.29, 0.717) is 49.3 Å². The van der Waals surface area contributed by atoms with Gasteiger partial charge in [-0.2, -0.15) is 0 Å². The zero-order chi connectivity index (χ0) is 23.1. The normalized spacial score (nSPS) is 15.2. The average molecular weight is 481 g/mol. The van der Waals surface area contributed by atoms with Crippen molar-refractivity contribution in [2.75, 3.05) is 31.6 Å². The molecule has 0 aromatic carbocycles. The number of nitrogens with zero attached hydrogens (tertiary/aromatic N) is 3. The fraction of sp³-hybridized carbons (Fsp3) is 0.636. The molecule has 1 saturated heterocycles. The lowest BCUT2D eigenvalue weighted by Gasteiger charge is -2.31. The molecule has 0 bridgehead atoms. The van der Waals surface area contributed by atoms with Crippen LogP contribution in [0.4, 0.5) is 5.13 Å². The van der Waals surface area contributed by atoms with Gasteiger partial charge in [-0.25, -0.2) is 9.97 Å². The summed E-state index contributed by atoms with van der Waals surface area (Å²) in [5.41, 5.74) is -0.0654. The first kappa shape index (κ1) is 24.7. The fourth-order valence-electron chi connectivity index (χ4n) is 3.23. The molecule has 10 heteroatoms. The first-order valence-electron chi connectivity index (χ1n) is 11.0. The summed E-state index contributed by atoms with van der Waals surface area (Å²) in [6.07, 6.45) is 5.74. The van der Waals surface area contributed by atoms with E-state index >= 15 is 0 Å². The summed E-state index contributed by atoms with van der Waals surface area (Å²) < 4.78 is 12.1. The van der Waals surface area contributed by atoms with Crippen LogP contribution in [0.15, 0.2) is 21.0 Å². The highest BCUT2D eigenvalue weighted by molar-refractivity contribution is 8.00. The van der Waals surface area contributed by atoms with Crippen molar-refractivity contribution in [3.05, 3.63) is 24.0 Å². The first-order chi connectivity index (χ1) is 15.3. The van der Waals surface area contributed by atoms with E-state index in [0.717, 1.165) is 16.4 Å². The van der Waals surface area contributed by atoms with Gasteiger partial charge >= 0.3 is 0 Å². The molecule has 176 valence electrons. The van der Waals surface area contributed by atoms with Gasteiger partial charge < -0.3 is 19.4 Å². The van der Waals surface area contributed by atoms with Crippen LogP contribution < -0.4 is 5.32 Å². The van der Waals surface area contributed by atoms with Gasteiger partial charge in [0.05, 0.1) is 22.4 Å². The molecule has 3 rings (SSSR count). The van der Waals surface area contributed by atoms with Gasteiger partial charge in [0.25, 0.3) is 0 Å². The third-order valence-electron chi connectivity index (χ3n) is 5.14. The monoisotopic (exact) mass is 480 g/mol. The van der Waals surface area contributed by atoms with Crippen molar-refractivity contribution in [2.45, 2.75) is 62.3 Å². The fourth-order valence-corrected chi connectivity index (χ4v) is 4.96. The maximum absolute atomic E-state index is 12.6. The maximum atomic E-state index is 12.6. The van der Waals surface area contributed by atoms with Gasteiger partial charge in [-0.3, -0.25) is 9.59 Å². The van der Waals surface area contributed by atoms with Crippen LogP contribution in [0.3, 0.4) is 0 Å². The summed E-state index contributed by atoms with van der Waals surface area (Å²) in [5, 5.41) is 3.52. The largest absolute Gasteiger partial charge is 0.444 e. The second kappa shape index (κ2) is 11.3. The number of hydrogen-bond donors (Lipinski definition) is 1. The Hall–Kier alpha value is -1.91. The minimum absolute atomic E-state index is 0.000402. The maximum Gasteiger partial charge on any atom is 0.248 e. The van der Waals surface area contributed by atoms with Crippen molar-refractivity contribution in [2.24, 2.45) is 5.92 Å². The Morgan fingerprint density at radius 2 is 2.03 bits per heavy atom. The van der Waals surface area contributed by atoms with Gasteiger partial charge in [0.15, 0.2) is 5.13 Å². The number of thiazole rings is 1. The van der Waals surface area contributed by atoms with E-state index in [9.17, 15) is 9.59 Å². The van der Waals surface area contributed by atoms with Crippen LogP contribution in [0.1, 0.15) is 58.6 Å². The highest BCUT2D eigenvalue weighted by atomic mass is 32.2. The van der Waals surface area contributed by atoms with Gasteiger partial charge in [-0.15, -0.1) is 11.8 Å². The molecule has 3 heterocycles. The van der Waals surface area contributed by atoms with Gasteiger partial charge in [0, 0.05) is 31.0 Å². The Labute approximate surface area is 197 Å². The number of aromatic nitrogens is 2. The molecular weight excluding hydrogens is 448 g/mol. The van der Waals surface area contributed by atoms with E-state index < -0.39 is 0 Å². The molecule has 1 fully saturated rings. The Morgan fingerprint density at radius 3 is 2.69 bits per heavy atom. The molecule has 1 aliphatic heterocycles. The van der Waals surface area contributed by atoms with Gasteiger partial charge in [0.2, 0.25) is 17.7 Å². The van der Waals surface area contributed by atoms with Crippen LogP contribution in [-0.2, 0) is 25.5 Å². The number of nitrogens with one attached hydrogen (secondary N) is 1. The topological polar surface area (TPSA) is 97.6 Å². The van der Waals surface area contributed by atoms with E-state index in [1.807, 2.05) is 6.92 Å². The predicted molar refractivity (Wildman–Crippen MR) is 126 cm³/mol. The number of amides is 2. The molecule has 0 aliphatic carbocycles. The van der Waals surface area contributed by atoms with Crippen molar-refractivity contribution in [3.63, 3.8) is 0 Å². The number of carbonyl (C=O) groups is 2. The Bertz CT molecular complexity index is 898. The number of oxazole rings is 1. The second-order valence-corrected chi connectivity index (χ2v) is 11.1. The highest BCUT2D eigenvalue weighted by Gasteiger charge is 2.28. The number of ether oxygens (including phenoxy) is 1. The summed E-state index contributed by atoms with van der Waals surface area (Å²) in [6.45, 7) is 10.2. The van der Waals surface area contributed by atoms with Gasteiger partial charge in [-0.05, 0) is 19.3 Å². The summed E-state index contributed by atoms with van der Waals surface area (Å²) in [6, 6.07) is 0. The van der Waals surface area contributed by atoms with Gasteiger partial charge in [0.1, 0.15) is 12.4 Å². The predicted octanol–water partition coefficient (Wildman–Crippen LogP) is 4.32. The van der Waals surface area contributed by atoms with Gasteiger partial charge in [-0.1, -0.05) is 39.0 Å². The SMILES string of the molecule is CCCOCC(=O)N1CCC(C(=O)Nc2ncc(SCc3ncc(C(C)(C)C)o3)s2)CC1. The van der Waals surface area contributed by atoms with Crippen LogP contribution in [0.2, 0.25) is 0 Å². The summed E-state index contributed by atoms with van der Waals surface area (Å²) in [4.78, 5) is 35.2. The van der Waals surface area contributed by atoms with Crippen molar-refractivity contribution >= 4 is 40.0 Å². The molecule has 0 spiro atoms. The molecule has 2 aromatic heterocycles. The van der Waals surface area contributed by atoms with Crippen molar-refractivity contribution in [3.8, 4) is 0 Å². The van der Waals surface area contributed by atoms with E-state index in [-0.39, 0.29) is 29.8 Å². The molecule has 1 aliphatic rings. The lowest BCUT2D eigenvalue weighted by molar-refractivity contribution is -0.138. The zero-order valence-electron chi connectivity index (χ0n) is 19.2. The van der Waals surface area contributed by atoms with Crippen LogP contribution >= 0.6 is 23.1 Å².